The second-order valence-corrected chi connectivity index (χ2v) is 4.94. The second-order valence-electron chi connectivity index (χ2n) is 4.94. The van der Waals surface area contributed by atoms with Crippen LogP contribution in [0.4, 0.5) is 11.4 Å². The number of hydrogen-bond donors (Lipinski definition) is 1. The molecule has 0 radical (unpaired) electrons. The zero-order valence-corrected chi connectivity index (χ0v) is 10.1. The van der Waals surface area contributed by atoms with Gasteiger partial charge in [0, 0.05) is 13.6 Å². The van der Waals surface area contributed by atoms with Crippen molar-refractivity contribution in [2.45, 2.75) is 12.8 Å². The molecule has 17 heavy (non-hydrogen) atoms. The highest BCUT2D eigenvalue weighted by Gasteiger charge is 2.52. The third kappa shape index (κ3) is 1.47. The number of methoxy groups -OCH3 is 1. The lowest BCUT2D eigenvalue weighted by Gasteiger charge is -2.21. The van der Waals surface area contributed by atoms with Crippen molar-refractivity contribution >= 4 is 17.3 Å². The fourth-order valence-corrected chi connectivity index (χ4v) is 2.53. The molecule has 1 aromatic rings. The largest absolute Gasteiger partial charge is 0.494 e. The number of rotatable bonds is 1. The van der Waals surface area contributed by atoms with Gasteiger partial charge in [-0.05, 0) is 25.0 Å². The topological polar surface area (TPSA) is 41.6 Å². The molecule has 0 aromatic heterocycles. The number of hydrogen-bond acceptors (Lipinski definition) is 3. The van der Waals surface area contributed by atoms with Crippen LogP contribution in [0.5, 0.6) is 5.75 Å². The first-order chi connectivity index (χ1) is 8.16. The van der Waals surface area contributed by atoms with Crippen LogP contribution in [0.15, 0.2) is 18.2 Å². The number of fused-ring (bicyclic) bond motifs is 1. The van der Waals surface area contributed by atoms with Crippen LogP contribution in [0.3, 0.4) is 0 Å². The molecule has 0 saturated heterocycles. The number of nitrogens with one attached hydrogen (secondary N) is 1. The number of anilines is 2. The van der Waals surface area contributed by atoms with Crippen molar-refractivity contribution in [2.24, 2.45) is 5.41 Å². The molecule has 90 valence electrons. The smallest absolute Gasteiger partial charge is 0.232 e. The normalized spacial score (nSPS) is 20.6. The molecule has 1 saturated carbocycles. The van der Waals surface area contributed by atoms with E-state index in [9.17, 15) is 4.79 Å². The molecule has 0 atom stereocenters. The van der Waals surface area contributed by atoms with Gasteiger partial charge in [-0.1, -0.05) is 6.07 Å². The van der Waals surface area contributed by atoms with Crippen LogP contribution in [0.2, 0.25) is 0 Å². The van der Waals surface area contributed by atoms with E-state index in [-0.39, 0.29) is 11.3 Å². The molecule has 4 heteroatoms. The van der Waals surface area contributed by atoms with E-state index in [0.717, 1.165) is 36.5 Å². The van der Waals surface area contributed by atoms with Crippen molar-refractivity contribution in [3.8, 4) is 5.75 Å². The van der Waals surface area contributed by atoms with Gasteiger partial charge in [-0.3, -0.25) is 4.79 Å². The van der Waals surface area contributed by atoms with Crippen LogP contribution < -0.4 is 15.0 Å². The summed E-state index contributed by atoms with van der Waals surface area (Å²) in [4.78, 5) is 14.3. The number of carbonyl (C=O) groups is 1. The Kier molecular flexibility index (Phi) is 2.08. The van der Waals surface area contributed by atoms with Gasteiger partial charge in [0.05, 0.1) is 18.2 Å². The number of benzene rings is 1. The summed E-state index contributed by atoms with van der Waals surface area (Å²) in [5.41, 5.74) is 1.66. The molecule has 2 aliphatic rings. The summed E-state index contributed by atoms with van der Waals surface area (Å²) in [6.45, 7) is 0.791. The van der Waals surface area contributed by atoms with Crippen molar-refractivity contribution in [3.05, 3.63) is 18.2 Å². The standard InChI is InChI=1S/C13H16N2O2/c1-15-8-13(6-7-13)12(16)14-11-9(15)4-3-5-10(11)17-2/h3-5H,6-8H2,1-2H3,(H,14,16). The van der Waals surface area contributed by atoms with Crippen LogP contribution in [0.1, 0.15) is 12.8 Å². The summed E-state index contributed by atoms with van der Waals surface area (Å²) in [5, 5.41) is 3.02. The van der Waals surface area contributed by atoms with Gasteiger partial charge in [0.15, 0.2) is 0 Å². The fraction of sp³-hybridized carbons (Fsp3) is 0.462. The highest BCUT2D eigenvalue weighted by Crippen LogP contribution is 2.51. The molecule has 1 aliphatic carbocycles. The van der Waals surface area contributed by atoms with E-state index in [1.165, 1.54) is 0 Å². The molecule has 1 amide bonds. The Bertz CT molecular complexity index is 480. The van der Waals surface area contributed by atoms with Gasteiger partial charge >= 0.3 is 0 Å². The minimum atomic E-state index is -0.168. The van der Waals surface area contributed by atoms with E-state index in [4.69, 9.17) is 4.74 Å². The average molecular weight is 232 g/mol. The monoisotopic (exact) mass is 232 g/mol. The predicted octanol–water partition coefficient (Wildman–Crippen LogP) is 1.86. The Labute approximate surface area is 101 Å². The Balaban J connectivity index is 2.09. The van der Waals surface area contributed by atoms with E-state index in [1.807, 2.05) is 25.2 Å². The number of ether oxygens (including phenoxy) is 1. The lowest BCUT2D eigenvalue weighted by atomic mass is 10.1. The van der Waals surface area contributed by atoms with Gasteiger partial charge in [-0.15, -0.1) is 0 Å². The molecule has 1 heterocycles. The van der Waals surface area contributed by atoms with Crippen molar-refractivity contribution in [1.29, 1.82) is 0 Å². The van der Waals surface area contributed by atoms with Gasteiger partial charge in [-0.2, -0.15) is 0 Å². The molecule has 0 bridgehead atoms. The Morgan fingerprint density at radius 3 is 2.82 bits per heavy atom. The van der Waals surface area contributed by atoms with Gasteiger partial charge in [0.25, 0.3) is 0 Å². The molecule has 1 N–H and O–H groups in total. The third-order valence-electron chi connectivity index (χ3n) is 3.75. The van der Waals surface area contributed by atoms with Crippen LogP contribution in [-0.4, -0.2) is 26.6 Å². The number of carbonyl (C=O) groups excluding carboxylic acids is 1. The van der Waals surface area contributed by atoms with Gasteiger partial charge in [-0.25, -0.2) is 0 Å². The van der Waals surface area contributed by atoms with E-state index in [2.05, 4.69) is 10.2 Å². The minimum absolute atomic E-state index is 0.132. The third-order valence-corrected chi connectivity index (χ3v) is 3.75. The Hall–Kier alpha value is -1.71. The first kappa shape index (κ1) is 10.4. The summed E-state index contributed by atoms with van der Waals surface area (Å²) in [7, 11) is 3.65. The van der Waals surface area contributed by atoms with E-state index >= 15 is 0 Å². The molecule has 1 spiro atoms. The predicted molar refractivity (Wildman–Crippen MR) is 66.6 cm³/mol. The summed E-state index contributed by atoms with van der Waals surface area (Å²) in [5.74, 6) is 0.855. The number of amides is 1. The maximum atomic E-state index is 12.2. The van der Waals surface area contributed by atoms with E-state index in [1.54, 1.807) is 7.11 Å². The SMILES string of the molecule is COc1cccc2c1NC(=O)C1(CC1)CN2C. The van der Waals surface area contributed by atoms with Crippen LogP contribution in [-0.2, 0) is 4.79 Å². The highest BCUT2D eigenvalue weighted by molar-refractivity contribution is 6.03. The summed E-state index contributed by atoms with van der Waals surface area (Å²) < 4.78 is 5.31. The summed E-state index contributed by atoms with van der Waals surface area (Å²) in [6.07, 6.45) is 1.97. The Morgan fingerprint density at radius 2 is 2.18 bits per heavy atom. The molecule has 1 fully saturated rings. The fourth-order valence-electron chi connectivity index (χ4n) is 2.53. The number of para-hydroxylation sites is 1. The van der Waals surface area contributed by atoms with E-state index < -0.39 is 0 Å². The van der Waals surface area contributed by atoms with Gasteiger partial charge < -0.3 is 15.0 Å². The van der Waals surface area contributed by atoms with Crippen molar-refractivity contribution in [2.75, 3.05) is 30.9 Å². The van der Waals surface area contributed by atoms with Crippen molar-refractivity contribution in [3.63, 3.8) is 0 Å². The maximum Gasteiger partial charge on any atom is 0.232 e. The zero-order chi connectivity index (χ0) is 12.0. The second kappa shape index (κ2) is 3.39. The molecule has 1 aliphatic heterocycles. The van der Waals surface area contributed by atoms with Crippen molar-refractivity contribution < 1.29 is 9.53 Å². The molecule has 4 nitrogen and oxygen atoms in total. The first-order valence-electron chi connectivity index (χ1n) is 5.86. The molecular formula is C13H16N2O2. The average Bonchev–Trinajstić information content (AvgIpc) is 3.10. The Morgan fingerprint density at radius 1 is 1.41 bits per heavy atom. The van der Waals surface area contributed by atoms with Crippen LogP contribution >= 0.6 is 0 Å². The van der Waals surface area contributed by atoms with Crippen LogP contribution in [0, 0.1) is 5.41 Å². The lowest BCUT2D eigenvalue weighted by molar-refractivity contribution is -0.120. The molecule has 3 rings (SSSR count). The number of nitrogens with zero attached hydrogens (tertiary/aromatic N) is 1. The molecule has 1 aromatic carbocycles. The molecule has 0 unspecified atom stereocenters. The summed E-state index contributed by atoms with van der Waals surface area (Å²) in [6, 6.07) is 5.84. The van der Waals surface area contributed by atoms with Crippen molar-refractivity contribution in [1.82, 2.24) is 0 Å². The van der Waals surface area contributed by atoms with Gasteiger partial charge in [0.2, 0.25) is 5.91 Å². The van der Waals surface area contributed by atoms with Gasteiger partial charge in [0.1, 0.15) is 11.4 Å². The molecular weight excluding hydrogens is 216 g/mol. The first-order valence-corrected chi connectivity index (χ1v) is 5.86. The zero-order valence-electron chi connectivity index (χ0n) is 10.1. The maximum absolute atomic E-state index is 12.2. The minimum Gasteiger partial charge on any atom is -0.494 e. The van der Waals surface area contributed by atoms with E-state index in [0.29, 0.717) is 0 Å². The quantitative estimate of drug-likeness (QED) is 0.803. The summed E-state index contributed by atoms with van der Waals surface area (Å²) >= 11 is 0. The van der Waals surface area contributed by atoms with Crippen LogP contribution in [0.25, 0.3) is 0 Å². The lowest BCUT2D eigenvalue weighted by Crippen LogP contribution is -2.31. The highest BCUT2D eigenvalue weighted by atomic mass is 16.5.